The normalized spacial score (nSPS) is 10.2. The fourth-order valence-electron chi connectivity index (χ4n) is 1.50. The molecule has 3 heteroatoms. The van der Waals surface area contributed by atoms with Gasteiger partial charge in [0.15, 0.2) is 0 Å². The van der Waals surface area contributed by atoms with Crippen molar-refractivity contribution in [3.05, 3.63) is 54.1 Å². The molecule has 0 spiro atoms. The Morgan fingerprint density at radius 1 is 1.06 bits per heavy atom. The molecule has 1 N–H and O–H groups in total. The second kappa shape index (κ2) is 5.75. The van der Waals surface area contributed by atoms with E-state index in [9.17, 15) is 5.11 Å². The molecule has 88 valence electrons. The van der Waals surface area contributed by atoms with Gasteiger partial charge in [0.25, 0.3) is 0 Å². The second-order valence-corrected chi connectivity index (χ2v) is 4.66. The van der Waals surface area contributed by atoms with Crippen LogP contribution in [0.2, 0.25) is 0 Å². The van der Waals surface area contributed by atoms with Crippen LogP contribution >= 0.6 is 11.8 Å². The van der Waals surface area contributed by atoms with E-state index in [4.69, 9.17) is 4.74 Å². The number of ether oxygens (including phenoxy) is 1. The molecule has 2 aromatic rings. The molecule has 0 heterocycles. The van der Waals surface area contributed by atoms with Crippen LogP contribution in [0.3, 0.4) is 0 Å². The van der Waals surface area contributed by atoms with Crippen LogP contribution < -0.4 is 4.74 Å². The third-order valence-corrected chi connectivity index (χ3v) is 3.56. The summed E-state index contributed by atoms with van der Waals surface area (Å²) in [5.74, 6) is 0.852. The predicted molar refractivity (Wildman–Crippen MR) is 69.5 cm³/mol. The average Bonchev–Trinajstić information content (AvgIpc) is 2.40. The minimum Gasteiger partial charge on any atom is -0.497 e. The Morgan fingerprint density at radius 3 is 2.41 bits per heavy atom. The topological polar surface area (TPSA) is 29.5 Å². The summed E-state index contributed by atoms with van der Waals surface area (Å²) in [5.41, 5.74) is 0.952. The lowest BCUT2D eigenvalue weighted by atomic mass is 10.2. The van der Waals surface area contributed by atoms with E-state index < -0.39 is 0 Å². The monoisotopic (exact) mass is 246 g/mol. The van der Waals surface area contributed by atoms with E-state index in [0.717, 1.165) is 21.1 Å². The van der Waals surface area contributed by atoms with E-state index in [1.54, 1.807) is 18.9 Å². The Kier molecular flexibility index (Phi) is 4.07. The van der Waals surface area contributed by atoms with Gasteiger partial charge >= 0.3 is 0 Å². The molecular formula is C14H14O2S. The van der Waals surface area contributed by atoms with Gasteiger partial charge in [-0.15, -0.1) is 0 Å². The minimum absolute atomic E-state index is 0.0688. The summed E-state index contributed by atoms with van der Waals surface area (Å²) in [5, 5.41) is 9.25. The number of hydrogen-bond acceptors (Lipinski definition) is 3. The van der Waals surface area contributed by atoms with Crippen LogP contribution in [-0.2, 0) is 6.61 Å². The number of aliphatic hydroxyl groups is 1. The van der Waals surface area contributed by atoms with Gasteiger partial charge in [-0.25, -0.2) is 0 Å². The molecule has 17 heavy (non-hydrogen) atoms. The quantitative estimate of drug-likeness (QED) is 0.897. The highest BCUT2D eigenvalue weighted by Gasteiger charge is 2.02. The number of rotatable bonds is 4. The SMILES string of the molecule is COc1ccc(Sc2ccccc2CO)cc1. The fraction of sp³-hybridized carbons (Fsp3) is 0.143. The second-order valence-electron chi connectivity index (χ2n) is 3.54. The number of hydrogen-bond donors (Lipinski definition) is 1. The van der Waals surface area contributed by atoms with Gasteiger partial charge in [0.2, 0.25) is 0 Å². The van der Waals surface area contributed by atoms with Gasteiger partial charge in [-0.2, -0.15) is 0 Å². The van der Waals surface area contributed by atoms with E-state index >= 15 is 0 Å². The zero-order chi connectivity index (χ0) is 12.1. The first-order chi connectivity index (χ1) is 8.33. The Hall–Kier alpha value is -1.45. The molecule has 0 unspecified atom stereocenters. The first kappa shape index (κ1) is 12.0. The van der Waals surface area contributed by atoms with Gasteiger partial charge < -0.3 is 9.84 Å². The Balaban J connectivity index is 2.19. The van der Waals surface area contributed by atoms with E-state index in [2.05, 4.69) is 0 Å². The van der Waals surface area contributed by atoms with E-state index in [1.807, 2.05) is 48.5 Å². The minimum atomic E-state index is 0.0688. The van der Waals surface area contributed by atoms with Gasteiger partial charge in [0.05, 0.1) is 13.7 Å². The molecule has 0 fully saturated rings. The summed E-state index contributed by atoms with van der Waals surface area (Å²) < 4.78 is 5.12. The summed E-state index contributed by atoms with van der Waals surface area (Å²) >= 11 is 1.64. The lowest BCUT2D eigenvalue weighted by Crippen LogP contribution is -1.86. The van der Waals surface area contributed by atoms with E-state index in [-0.39, 0.29) is 6.61 Å². The van der Waals surface area contributed by atoms with Crippen LogP contribution in [0.5, 0.6) is 5.75 Å². The maximum absolute atomic E-state index is 9.25. The summed E-state index contributed by atoms with van der Waals surface area (Å²) in [6.07, 6.45) is 0. The van der Waals surface area contributed by atoms with Crippen molar-refractivity contribution in [2.45, 2.75) is 16.4 Å². The van der Waals surface area contributed by atoms with Crippen molar-refractivity contribution >= 4 is 11.8 Å². The molecule has 0 aliphatic carbocycles. The van der Waals surface area contributed by atoms with Crippen LogP contribution in [0.25, 0.3) is 0 Å². The van der Waals surface area contributed by atoms with Crippen molar-refractivity contribution in [1.29, 1.82) is 0 Å². The number of aliphatic hydroxyl groups excluding tert-OH is 1. The first-order valence-corrected chi connectivity index (χ1v) is 6.16. The standard InChI is InChI=1S/C14H14O2S/c1-16-12-6-8-13(9-7-12)17-14-5-3-2-4-11(14)10-15/h2-9,15H,10H2,1H3. The van der Waals surface area contributed by atoms with Gasteiger partial charge in [-0.05, 0) is 35.9 Å². The summed E-state index contributed by atoms with van der Waals surface area (Å²) in [6, 6.07) is 15.8. The number of methoxy groups -OCH3 is 1. The highest BCUT2D eigenvalue weighted by atomic mass is 32.2. The Labute approximate surface area is 105 Å². The van der Waals surface area contributed by atoms with Crippen molar-refractivity contribution in [3.63, 3.8) is 0 Å². The predicted octanol–water partition coefficient (Wildman–Crippen LogP) is 3.34. The highest BCUT2D eigenvalue weighted by Crippen LogP contribution is 2.31. The molecule has 0 aliphatic rings. The Bertz CT molecular complexity index is 480. The molecule has 0 aliphatic heterocycles. The zero-order valence-corrected chi connectivity index (χ0v) is 10.4. The Morgan fingerprint density at radius 2 is 1.76 bits per heavy atom. The van der Waals surface area contributed by atoms with Crippen LogP contribution in [0, 0.1) is 0 Å². The number of benzene rings is 2. The van der Waals surface area contributed by atoms with Gasteiger partial charge in [0, 0.05) is 9.79 Å². The van der Waals surface area contributed by atoms with Crippen LogP contribution in [0.15, 0.2) is 58.3 Å². The van der Waals surface area contributed by atoms with Crippen molar-refractivity contribution < 1.29 is 9.84 Å². The van der Waals surface area contributed by atoms with Gasteiger partial charge in [0.1, 0.15) is 5.75 Å². The highest BCUT2D eigenvalue weighted by molar-refractivity contribution is 7.99. The van der Waals surface area contributed by atoms with Crippen LogP contribution in [-0.4, -0.2) is 12.2 Å². The van der Waals surface area contributed by atoms with Crippen molar-refractivity contribution in [1.82, 2.24) is 0 Å². The molecule has 0 bridgehead atoms. The van der Waals surface area contributed by atoms with Crippen molar-refractivity contribution in [3.8, 4) is 5.75 Å². The molecule has 0 radical (unpaired) electrons. The van der Waals surface area contributed by atoms with E-state index in [0.29, 0.717) is 0 Å². The molecule has 0 saturated heterocycles. The molecule has 2 nitrogen and oxygen atoms in total. The van der Waals surface area contributed by atoms with Crippen LogP contribution in [0.4, 0.5) is 0 Å². The smallest absolute Gasteiger partial charge is 0.118 e. The molecule has 2 rings (SSSR count). The van der Waals surface area contributed by atoms with Crippen molar-refractivity contribution in [2.75, 3.05) is 7.11 Å². The summed E-state index contributed by atoms with van der Waals surface area (Å²) in [6.45, 7) is 0.0688. The van der Waals surface area contributed by atoms with Gasteiger partial charge in [-0.1, -0.05) is 30.0 Å². The molecular weight excluding hydrogens is 232 g/mol. The first-order valence-electron chi connectivity index (χ1n) is 5.34. The van der Waals surface area contributed by atoms with Gasteiger partial charge in [-0.3, -0.25) is 0 Å². The molecule has 0 atom stereocenters. The maximum Gasteiger partial charge on any atom is 0.118 e. The molecule has 0 saturated carbocycles. The molecule has 0 aromatic heterocycles. The maximum atomic E-state index is 9.25. The van der Waals surface area contributed by atoms with Crippen LogP contribution in [0.1, 0.15) is 5.56 Å². The fourth-order valence-corrected chi connectivity index (χ4v) is 2.44. The average molecular weight is 246 g/mol. The third-order valence-electron chi connectivity index (χ3n) is 2.43. The van der Waals surface area contributed by atoms with E-state index in [1.165, 1.54) is 0 Å². The van der Waals surface area contributed by atoms with Crippen molar-refractivity contribution in [2.24, 2.45) is 0 Å². The third kappa shape index (κ3) is 3.02. The molecule has 0 amide bonds. The lowest BCUT2D eigenvalue weighted by Gasteiger charge is -2.07. The summed E-state index contributed by atoms with van der Waals surface area (Å²) in [7, 11) is 1.66. The zero-order valence-electron chi connectivity index (χ0n) is 9.59. The largest absolute Gasteiger partial charge is 0.497 e. The summed E-state index contributed by atoms with van der Waals surface area (Å²) in [4.78, 5) is 2.21. The lowest BCUT2D eigenvalue weighted by molar-refractivity contribution is 0.279. The molecule has 2 aromatic carbocycles.